The van der Waals surface area contributed by atoms with E-state index in [0.717, 1.165) is 29.4 Å². The first-order valence-electron chi connectivity index (χ1n) is 5.09. The van der Waals surface area contributed by atoms with Crippen LogP contribution in [0, 0.1) is 0 Å². The van der Waals surface area contributed by atoms with Gasteiger partial charge < -0.3 is 10.7 Å². The molecule has 5 heteroatoms. The number of aryl methyl sites for hydroxylation is 1. The maximum Gasteiger partial charge on any atom is 0.166 e. The second-order valence-electron chi connectivity index (χ2n) is 3.76. The molecular formula is C10H12N4S. The molecule has 0 saturated heterocycles. The normalized spacial score (nSPS) is 20.2. The lowest BCUT2D eigenvalue weighted by atomic mass is 9.99. The van der Waals surface area contributed by atoms with E-state index >= 15 is 0 Å². The summed E-state index contributed by atoms with van der Waals surface area (Å²) in [5, 5.41) is 0.961. The second kappa shape index (κ2) is 3.43. The number of hydrogen-bond donors (Lipinski definition) is 2. The fourth-order valence-electron chi connectivity index (χ4n) is 1.94. The van der Waals surface area contributed by atoms with Crippen LogP contribution in [0.15, 0.2) is 12.4 Å². The van der Waals surface area contributed by atoms with Gasteiger partial charge in [-0.25, -0.2) is 9.97 Å². The first kappa shape index (κ1) is 9.06. The number of aromatic nitrogens is 3. The van der Waals surface area contributed by atoms with Gasteiger partial charge in [-0.2, -0.15) is 0 Å². The number of H-pyrrole nitrogens is 1. The molecule has 2 aromatic heterocycles. The highest BCUT2D eigenvalue weighted by Crippen LogP contribution is 2.34. The number of fused-ring (bicyclic) bond motifs is 1. The van der Waals surface area contributed by atoms with Crippen LogP contribution in [0.1, 0.15) is 29.5 Å². The summed E-state index contributed by atoms with van der Waals surface area (Å²) in [4.78, 5) is 13.2. The van der Waals surface area contributed by atoms with Gasteiger partial charge in [0.15, 0.2) is 10.8 Å². The van der Waals surface area contributed by atoms with Crippen molar-refractivity contribution in [1.82, 2.24) is 15.0 Å². The molecule has 1 unspecified atom stereocenters. The van der Waals surface area contributed by atoms with Gasteiger partial charge in [-0.05, 0) is 19.3 Å². The molecular weight excluding hydrogens is 208 g/mol. The number of imidazole rings is 1. The number of thiazole rings is 1. The first-order chi connectivity index (χ1) is 7.34. The van der Waals surface area contributed by atoms with E-state index in [-0.39, 0.29) is 6.04 Å². The van der Waals surface area contributed by atoms with E-state index in [1.165, 1.54) is 11.3 Å². The predicted octanol–water partition coefficient (Wildman–Crippen LogP) is 1.87. The molecule has 3 rings (SSSR count). The van der Waals surface area contributed by atoms with Crippen LogP contribution in [0.4, 0.5) is 0 Å². The van der Waals surface area contributed by atoms with Crippen molar-refractivity contribution in [3.63, 3.8) is 0 Å². The van der Waals surface area contributed by atoms with Crippen LogP contribution < -0.4 is 5.73 Å². The van der Waals surface area contributed by atoms with Crippen LogP contribution >= 0.6 is 11.3 Å². The minimum absolute atomic E-state index is 0.119. The molecule has 1 aliphatic carbocycles. The number of aromatic amines is 1. The van der Waals surface area contributed by atoms with E-state index < -0.39 is 0 Å². The zero-order valence-electron chi connectivity index (χ0n) is 8.23. The molecule has 15 heavy (non-hydrogen) atoms. The summed E-state index contributed by atoms with van der Waals surface area (Å²) in [5.74, 6) is 0.849. The van der Waals surface area contributed by atoms with Crippen LogP contribution in [0.5, 0.6) is 0 Å². The molecule has 4 nitrogen and oxygen atoms in total. The Kier molecular flexibility index (Phi) is 2.07. The fourth-order valence-corrected chi connectivity index (χ4v) is 3.07. The van der Waals surface area contributed by atoms with E-state index in [9.17, 15) is 0 Å². The van der Waals surface area contributed by atoms with Gasteiger partial charge in [0, 0.05) is 23.3 Å². The quantitative estimate of drug-likeness (QED) is 0.771. The molecule has 0 radical (unpaired) electrons. The van der Waals surface area contributed by atoms with Crippen LogP contribution in [-0.4, -0.2) is 15.0 Å². The van der Waals surface area contributed by atoms with Gasteiger partial charge in [-0.1, -0.05) is 0 Å². The molecule has 0 aromatic carbocycles. The van der Waals surface area contributed by atoms with Crippen molar-refractivity contribution in [1.29, 1.82) is 0 Å². The highest BCUT2D eigenvalue weighted by molar-refractivity contribution is 7.15. The topological polar surface area (TPSA) is 67.6 Å². The molecule has 0 fully saturated rings. The number of rotatable bonds is 1. The monoisotopic (exact) mass is 220 g/mol. The van der Waals surface area contributed by atoms with Gasteiger partial charge in [-0.3, -0.25) is 0 Å². The van der Waals surface area contributed by atoms with E-state index in [1.807, 2.05) is 6.20 Å². The lowest BCUT2D eigenvalue weighted by molar-refractivity contribution is 0.564. The molecule has 78 valence electrons. The van der Waals surface area contributed by atoms with Crippen LogP contribution in [0.3, 0.4) is 0 Å². The smallest absolute Gasteiger partial charge is 0.166 e. The highest BCUT2D eigenvalue weighted by atomic mass is 32.1. The third-order valence-electron chi connectivity index (χ3n) is 2.70. The average Bonchev–Trinajstić information content (AvgIpc) is 2.86. The predicted molar refractivity (Wildman–Crippen MR) is 59.6 cm³/mol. The summed E-state index contributed by atoms with van der Waals surface area (Å²) in [6, 6.07) is 0.119. The Balaban J connectivity index is 2.06. The average molecular weight is 220 g/mol. The molecule has 0 amide bonds. The second-order valence-corrected chi connectivity index (χ2v) is 4.85. The Morgan fingerprint density at radius 1 is 1.53 bits per heavy atom. The molecule has 2 heterocycles. The summed E-state index contributed by atoms with van der Waals surface area (Å²) in [6.45, 7) is 0. The summed E-state index contributed by atoms with van der Waals surface area (Å²) in [7, 11) is 0. The zero-order chi connectivity index (χ0) is 10.3. The van der Waals surface area contributed by atoms with Crippen molar-refractivity contribution in [3.05, 3.63) is 23.0 Å². The van der Waals surface area contributed by atoms with Crippen molar-refractivity contribution in [2.75, 3.05) is 0 Å². The van der Waals surface area contributed by atoms with Crippen molar-refractivity contribution in [3.8, 4) is 10.8 Å². The van der Waals surface area contributed by atoms with E-state index in [0.29, 0.717) is 0 Å². The summed E-state index contributed by atoms with van der Waals surface area (Å²) < 4.78 is 0. The minimum atomic E-state index is 0.119. The maximum absolute atomic E-state index is 6.03. The van der Waals surface area contributed by atoms with Crippen LogP contribution in [0.25, 0.3) is 10.8 Å². The van der Waals surface area contributed by atoms with Gasteiger partial charge in [0.2, 0.25) is 0 Å². The fraction of sp³-hybridized carbons (Fsp3) is 0.400. The standard InChI is InChI=1S/C10H12N4S/c11-6-2-1-3-7-8(6)14-10(15-7)9-12-4-5-13-9/h4-6H,1-3,11H2,(H,12,13). The Hall–Kier alpha value is -1.20. The van der Waals surface area contributed by atoms with Gasteiger partial charge in [0.05, 0.1) is 5.69 Å². The van der Waals surface area contributed by atoms with Crippen molar-refractivity contribution in [2.45, 2.75) is 25.3 Å². The lowest BCUT2D eigenvalue weighted by Gasteiger charge is -2.15. The van der Waals surface area contributed by atoms with Gasteiger partial charge in [-0.15, -0.1) is 11.3 Å². The van der Waals surface area contributed by atoms with Gasteiger partial charge in [0.25, 0.3) is 0 Å². The van der Waals surface area contributed by atoms with Crippen LogP contribution in [0.2, 0.25) is 0 Å². The Bertz CT molecular complexity index is 460. The molecule has 0 bridgehead atoms. The molecule has 0 spiro atoms. The largest absolute Gasteiger partial charge is 0.343 e. The van der Waals surface area contributed by atoms with Crippen molar-refractivity contribution >= 4 is 11.3 Å². The third-order valence-corrected chi connectivity index (χ3v) is 3.84. The number of nitrogens with zero attached hydrogens (tertiary/aromatic N) is 2. The Morgan fingerprint density at radius 2 is 2.47 bits per heavy atom. The SMILES string of the molecule is NC1CCCc2sc(-c3ncc[nH]3)nc21. The van der Waals surface area contributed by atoms with Gasteiger partial charge >= 0.3 is 0 Å². The summed E-state index contributed by atoms with van der Waals surface area (Å²) in [6.07, 6.45) is 6.90. The molecule has 0 saturated carbocycles. The zero-order valence-corrected chi connectivity index (χ0v) is 9.05. The molecule has 3 N–H and O–H groups in total. The lowest BCUT2D eigenvalue weighted by Crippen LogP contribution is -2.16. The minimum Gasteiger partial charge on any atom is -0.343 e. The van der Waals surface area contributed by atoms with Crippen molar-refractivity contribution in [2.24, 2.45) is 5.73 Å². The van der Waals surface area contributed by atoms with E-state index in [2.05, 4.69) is 15.0 Å². The van der Waals surface area contributed by atoms with Crippen molar-refractivity contribution < 1.29 is 0 Å². The molecule has 0 aliphatic heterocycles. The highest BCUT2D eigenvalue weighted by Gasteiger charge is 2.22. The maximum atomic E-state index is 6.03. The molecule has 2 aromatic rings. The summed E-state index contributed by atoms with van der Waals surface area (Å²) in [5.41, 5.74) is 7.11. The summed E-state index contributed by atoms with van der Waals surface area (Å²) >= 11 is 1.71. The number of hydrogen-bond acceptors (Lipinski definition) is 4. The first-order valence-corrected chi connectivity index (χ1v) is 5.91. The third kappa shape index (κ3) is 1.48. The Labute approximate surface area is 91.6 Å². The van der Waals surface area contributed by atoms with Gasteiger partial charge in [0.1, 0.15) is 0 Å². The Morgan fingerprint density at radius 3 is 3.20 bits per heavy atom. The molecule has 1 aliphatic rings. The van der Waals surface area contributed by atoms with E-state index in [4.69, 9.17) is 5.73 Å². The molecule has 1 atom stereocenters. The van der Waals surface area contributed by atoms with Crippen LogP contribution in [-0.2, 0) is 6.42 Å². The van der Waals surface area contributed by atoms with E-state index in [1.54, 1.807) is 17.5 Å². The number of nitrogens with two attached hydrogens (primary N) is 1. The number of nitrogens with one attached hydrogen (secondary N) is 1.